The number of pyridine rings is 1. The molecule has 0 radical (unpaired) electrons. The number of primary amides is 1. The van der Waals surface area contributed by atoms with E-state index in [2.05, 4.69) is 15.5 Å². The molecule has 0 aromatic carbocycles. The van der Waals surface area contributed by atoms with Crippen LogP contribution in [0.3, 0.4) is 0 Å². The number of nitrogens with zero attached hydrogens (tertiary/aromatic N) is 1. The van der Waals surface area contributed by atoms with Gasteiger partial charge in [-0.05, 0) is 12.1 Å². The largest absolute Gasteiger partial charge is 0.410 e. The Bertz CT molecular complexity index is 277. The molecule has 0 spiro atoms. The van der Waals surface area contributed by atoms with Crippen LogP contribution in [0.1, 0.15) is 0 Å². The van der Waals surface area contributed by atoms with Crippen molar-refractivity contribution in [2.45, 2.75) is 0 Å². The number of carbonyl (C=O) groups is 1. The second-order valence-electron chi connectivity index (χ2n) is 1.71. The van der Waals surface area contributed by atoms with Gasteiger partial charge < -0.3 is 10.5 Å². The number of hydrogen-bond acceptors (Lipinski definition) is 3. The first kappa shape index (κ1) is 7.46. The number of nitrogens with two attached hydrogens (primary N) is 1. The van der Waals surface area contributed by atoms with E-state index < -0.39 is 12.0 Å². The summed E-state index contributed by atoms with van der Waals surface area (Å²) in [6.45, 7) is 0. The van der Waals surface area contributed by atoms with Crippen LogP contribution in [0.2, 0.25) is 0 Å². The van der Waals surface area contributed by atoms with E-state index in [1.165, 1.54) is 18.3 Å². The normalized spacial score (nSPS) is 9.18. The molecule has 0 aliphatic carbocycles. The fourth-order valence-electron chi connectivity index (χ4n) is 0.556. The van der Waals surface area contributed by atoms with Crippen LogP contribution in [0, 0.1) is 5.95 Å². The van der Waals surface area contributed by atoms with Gasteiger partial charge in [-0.1, -0.05) is 0 Å². The van der Waals surface area contributed by atoms with E-state index in [4.69, 9.17) is 0 Å². The van der Waals surface area contributed by atoms with E-state index in [-0.39, 0.29) is 5.75 Å². The number of aromatic nitrogens is 1. The average molecular weight is 156 g/mol. The number of rotatable bonds is 1. The number of ether oxygens (including phenoxy) is 1. The standard InChI is InChI=1S/C6H5FN2O2/c7-5-4(11-6(8)10)2-1-3-9-5/h1-3H,(H2,8,10). The summed E-state index contributed by atoms with van der Waals surface area (Å²) in [5.41, 5.74) is 4.64. The van der Waals surface area contributed by atoms with Crippen LogP contribution in [0.5, 0.6) is 5.75 Å². The Kier molecular flexibility index (Phi) is 2.00. The van der Waals surface area contributed by atoms with Crippen molar-refractivity contribution in [3.8, 4) is 5.75 Å². The highest BCUT2D eigenvalue weighted by molar-refractivity contribution is 5.67. The maximum absolute atomic E-state index is 12.5. The zero-order chi connectivity index (χ0) is 8.27. The van der Waals surface area contributed by atoms with Gasteiger partial charge in [0.05, 0.1) is 0 Å². The third kappa shape index (κ3) is 1.89. The smallest absolute Gasteiger partial charge is 0.406 e. The molecule has 0 bridgehead atoms. The van der Waals surface area contributed by atoms with Crippen LogP contribution in [-0.4, -0.2) is 11.1 Å². The number of hydrogen-bond donors (Lipinski definition) is 1. The molecule has 0 saturated carbocycles. The molecular formula is C6H5FN2O2. The van der Waals surface area contributed by atoms with Crippen LogP contribution in [0.15, 0.2) is 18.3 Å². The Morgan fingerprint density at radius 2 is 2.45 bits per heavy atom. The Morgan fingerprint density at radius 1 is 1.73 bits per heavy atom. The predicted molar refractivity (Wildman–Crippen MR) is 34.4 cm³/mol. The molecule has 0 aliphatic rings. The van der Waals surface area contributed by atoms with Crippen molar-refractivity contribution in [1.29, 1.82) is 0 Å². The zero-order valence-corrected chi connectivity index (χ0v) is 5.45. The van der Waals surface area contributed by atoms with Gasteiger partial charge in [0.1, 0.15) is 0 Å². The van der Waals surface area contributed by atoms with Crippen LogP contribution < -0.4 is 10.5 Å². The monoisotopic (exact) mass is 156 g/mol. The van der Waals surface area contributed by atoms with Gasteiger partial charge in [-0.15, -0.1) is 0 Å². The van der Waals surface area contributed by atoms with Crippen LogP contribution in [0.25, 0.3) is 0 Å². The summed E-state index contributed by atoms with van der Waals surface area (Å²) in [6, 6.07) is 2.69. The first-order chi connectivity index (χ1) is 5.20. The zero-order valence-electron chi connectivity index (χ0n) is 5.45. The first-order valence-electron chi connectivity index (χ1n) is 2.78. The molecule has 58 valence electrons. The lowest BCUT2D eigenvalue weighted by Gasteiger charge is -1.98. The third-order valence-corrected chi connectivity index (χ3v) is 0.935. The molecular weight excluding hydrogens is 151 g/mol. The quantitative estimate of drug-likeness (QED) is 0.608. The van der Waals surface area contributed by atoms with E-state index >= 15 is 0 Å². The molecule has 1 rings (SSSR count). The van der Waals surface area contributed by atoms with E-state index in [1.807, 2.05) is 0 Å². The lowest BCUT2D eigenvalue weighted by molar-refractivity contribution is 0.208. The molecule has 0 saturated heterocycles. The topological polar surface area (TPSA) is 65.2 Å². The van der Waals surface area contributed by atoms with Crippen molar-refractivity contribution >= 4 is 6.09 Å². The van der Waals surface area contributed by atoms with E-state index in [9.17, 15) is 9.18 Å². The molecule has 2 N–H and O–H groups in total. The summed E-state index contributed by atoms with van der Waals surface area (Å²) < 4.78 is 16.8. The Morgan fingerprint density at radius 3 is 3.00 bits per heavy atom. The van der Waals surface area contributed by atoms with Gasteiger partial charge in [-0.3, -0.25) is 0 Å². The molecule has 4 nitrogen and oxygen atoms in total. The van der Waals surface area contributed by atoms with Crippen molar-refractivity contribution in [1.82, 2.24) is 4.98 Å². The summed E-state index contributed by atoms with van der Waals surface area (Å²) in [6.07, 6.45) is 0.181. The lowest BCUT2D eigenvalue weighted by Crippen LogP contribution is -2.17. The highest BCUT2D eigenvalue weighted by Crippen LogP contribution is 2.11. The highest BCUT2D eigenvalue weighted by Gasteiger charge is 2.04. The molecule has 1 aromatic rings. The van der Waals surface area contributed by atoms with Crippen molar-refractivity contribution in [3.05, 3.63) is 24.3 Å². The van der Waals surface area contributed by atoms with Gasteiger partial charge in [0.25, 0.3) is 5.95 Å². The fraction of sp³-hybridized carbons (Fsp3) is 0. The minimum absolute atomic E-state index is 0.264. The number of halogens is 1. The maximum atomic E-state index is 12.5. The highest BCUT2D eigenvalue weighted by atomic mass is 19.1. The van der Waals surface area contributed by atoms with E-state index in [1.54, 1.807) is 0 Å². The Hall–Kier alpha value is -1.65. The van der Waals surface area contributed by atoms with Gasteiger partial charge in [-0.25, -0.2) is 9.78 Å². The molecule has 0 fully saturated rings. The van der Waals surface area contributed by atoms with Gasteiger partial charge in [0.15, 0.2) is 5.75 Å². The third-order valence-electron chi connectivity index (χ3n) is 0.935. The van der Waals surface area contributed by atoms with Crippen molar-refractivity contribution in [2.24, 2.45) is 5.73 Å². The van der Waals surface area contributed by atoms with Gasteiger partial charge in [-0.2, -0.15) is 4.39 Å². The summed E-state index contributed by atoms with van der Waals surface area (Å²) >= 11 is 0. The van der Waals surface area contributed by atoms with Crippen LogP contribution in [0.4, 0.5) is 9.18 Å². The first-order valence-corrected chi connectivity index (χ1v) is 2.78. The summed E-state index contributed by atoms with van der Waals surface area (Å²) in [7, 11) is 0. The Balaban J connectivity index is 2.86. The molecule has 1 aromatic heterocycles. The second kappa shape index (κ2) is 2.96. The van der Waals surface area contributed by atoms with Crippen molar-refractivity contribution in [2.75, 3.05) is 0 Å². The van der Waals surface area contributed by atoms with E-state index in [0.29, 0.717) is 0 Å². The summed E-state index contributed by atoms with van der Waals surface area (Å²) in [4.78, 5) is 13.4. The number of carbonyl (C=O) groups excluding carboxylic acids is 1. The molecule has 1 amide bonds. The molecule has 0 atom stereocenters. The molecule has 5 heteroatoms. The summed E-state index contributed by atoms with van der Waals surface area (Å²) in [5.74, 6) is -1.12. The predicted octanol–water partition coefficient (Wildman–Crippen LogP) is 0.678. The second-order valence-corrected chi connectivity index (χ2v) is 1.71. The van der Waals surface area contributed by atoms with Crippen molar-refractivity contribution in [3.63, 3.8) is 0 Å². The SMILES string of the molecule is NC(=O)Oc1cccnc1F. The minimum Gasteiger partial charge on any atom is -0.406 e. The summed E-state index contributed by atoms with van der Waals surface area (Å²) in [5, 5.41) is 0. The molecule has 0 aliphatic heterocycles. The minimum atomic E-state index is -1.06. The molecule has 0 unspecified atom stereocenters. The lowest BCUT2D eigenvalue weighted by atomic mass is 10.4. The average Bonchev–Trinajstić information content (AvgIpc) is 1.93. The number of amides is 1. The van der Waals surface area contributed by atoms with Crippen LogP contribution >= 0.6 is 0 Å². The maximum Gasteiger partial charge on any atom is 0.410 e. The van der Waals surface area contributed by atoms with Crippen molar-refractivity contribution < 1.29 is 13.9 Å². The fourth-order valence-corrected chi connectivity index (χ4v) is 0.556. The Labute approximate surface area is 61.8 Å². The van der Waals surface area contributed by atoms with E-state index in [0.717, 1.165) is 0 Å². The van der Waals surface area contributed by atoms with Gasteiger partial charge >= 0.3 is 6.09 Å². The van der Waals surface area contributed by atoms with Gasteiger partial charge in [0.2, 0.25) is 0 Å². The molecule has 1 heterocycles. The van der Waals surface area contributed by atoms with Crippen LogP contribution in [-0.2, 0) is 0 Å². The van der Waals surface area contributed by atoms with Gasteiger partial charge in [0, 0.05) is 6.20 Å². The molecule has 11 heavy (non-hydrogen) atoms.